The first-order valence-electron chi connectivity index (χ1n) is 8.23. The molecule has 0 bridgehead atoms. The molecular formula is C21H15NO4. The van der Waals surface area contributed by atoms with E-state index in [4.69, 9.17) is 9.15 Å². The molecule has 0 radical (unpaired) electrons. The minimum Gasteiger partial charge on any atom is -0.456 e. The minimum atomic E-state index is -0.415. The first-order valence-corrected chi connectivity index (χ1v) is 8.23. The number of hydrogen-bond donors (Lipinski definition) is 0. The van der Waals surface area contributed by atoms with Crippen LogP contribution >= 0.6 is 0 Å². The van der Waals surface area contributed by atoms with Crippen molar-refractivity contribution in [3.8, 4) is 0 Å². The van der Waals surface area contributed by atoms with Crippen LogP contribution in [0.15, 0.2) is 82.3 Å². The molecule has 1 aromatic carbocycles. The smallest absolute Gasteiger partial charge is 0.340 e. The Balaban J connectivity index is 1.51. The van der Waals surface area contributed by atoms with Crippen molar-refractivity contribution in [2.75, 3.05) is 0 Å². The van der Waals surface area contributed by atoms with E-state index >= 15 is 0 Å². The molecule has 4 rings (SSSR count). The number of para-hydroxylation sites is 1. The third-order valence-electron chi connectivity index (χ3n) is 4.14. The first-order chi connectivity index (χ1) is 12.7. The maximum absolute atomic E-state index is 12.2. The van der Waals surface area contributed by atoms with E-state index in [2.05, 4.69) is 4.98 Å². The fourth-order valence-electron chi connectivity index (χ4n) is 2.81. The molecule has 3 aromatic rings. The lowest BCUT2D eigenvalue weighted by Crippen LogP contribution is -2.17. The predicted octanol–water partition coefficient (Wildman–Crippen LogP) is 3.76. The Morgan fingerprint density at radius 1 is 1.19 bits per heavy atom. The molecule has 2 heterocycles. The lowest BCUT2D eigenvalue weighted by molar-refractivity contribution is 0.0398. The Bertz CT molecular complexity index is 1080. The van der Waals surface area contributed by atoms with Crippen molar-refractivity contribution in [1.82, 2.24) is 4.98 Å². The SMILES string of the molecule is O=C(OC1C=CC(c2cc(=O)c3ccccc3o2)=CC1)c1cccnc1. The van der Waals surface area contributed by atoms with Gasteiger partial charge in [0, 0.05) is 30.5 Å². The van der Waals surface area contributed by atoms with Gasteiger partial charge in [-0.1, -0.05) is 24.3 Å². The van der Waals surface area contributed by atoms with Crippen LogP contribution in [0.3, 0.4) is 0 Å². The minimum absolute atomic E-state index is 0.0821. The first kappa shape index (κ1) is 16.0. The number of carbonyl (C=O) groups is 1. The lowest BCUT2D eigenvalue weighted by atomic mass is 10.0. The average Bonchev–Trinajstić information content (AvgIpc) is 2.69. The van der Waals surface area contributed by atoms with Crippen LogP contribution in [0.1, 0.15) is 22.5 Å². The van der Waals surface area contributed by atoms with Crippen molar-refractivity contribution in [2.45, 2.75) is 12.5 Å². The number of nitrogens with zero attached hydrogens (tertiary/aromatic N) is 1. The van der Waals surface area contributed by atoms with Crippen molar-refractivity contribution >= 4 is 22.5 Å². The molecule has 0 amide bonds. The third-order valence-corrected chi connectivity index (χ3v) is 4.14. The van der Waals surface area contributed by atoms with Crippen molar-refractivity contribution in [2.24, 2.45) is 0 Å². The van der Waals surface area contributed by atoms with Gasteiger partial charge < -0.3 is 9.15 Å². The van der Waals surface area contributed by atoms with E-state index in [-0.39, 0.29) is 11.5 Å². The summed E-state index contributed by atoms with van der Waals surface area (Å²) < 4.78 is 11.3. The third kappa shape index (κ3) is 3.19. The molecule has 1 atom stereocenters. The van der Waals surface area contributed by atoms with Gasteiger partial charge in [0.25, 0.3) is 0 Å². The second-order valence-electron chi connectivity index (χ2n) is 5.91. The highest BCUT2D eigenvalue weighted by Gasteiger charge is 2.17. The number of hydrogen-bond acceptors (Lipinski definition) is 5. The zero-order valence-electron chi connectivity index (χ0n) is 13.8. The number of carbonyl (C=O) groups excluding carboxylic acids is 1. The largest absolute Gasteiger partial charge is 0.456 e. The number of aromatic nitrogens is 1. The molecule has 1 aliphatic rings. The van der Waals surface area contributed by atoms with E-state index in [1.165, 1.54) is 12.3 Å². The molecular weight excluding hydrogens is 330 g/mol. The Kier molecular flexibility index (Phi) is 4.19. The molecule has 0 saturated carbocycles. The molecule has 1 unspecified atom stereocenters. The summed E-state index contributed by atoms with van der Waals surface area (Å²) in [6.45, 7) is 0. The summed E-state index contributed by atoms with van der Waals surface area (Å²) in [6.07, 6.45) is 8.71. The van der Waals surface area contributed by atoms with E-state index in [1.54, 1.807) is 48.7 Å². The van der Waals surface area contributed by atoms with Crippen LogP contribution in [-0.2, 0) is 4.74 Å². The number of rotatable bonds is 3. The van der Waals surface area contributed by atoms with Gasteiger partial charge in [-0.2, -0.15) is 0 Å². The highest BCUT2D eigenvalue weighted by atomic mass is 16.5. The van der Waals surface area contributed by atoms with Gasteiger partial charge in [0.1, 0.15) is 17.4 Å². The van der Waals surface area contributed by atoms with Crippen molar-refractivity contribution in [3.05, 3.63) is 94.6 Å². The van der Waals surface area contributed by atoms with Crippen LogP contribution in [0.5, 0.6) is 0 Å². The Hall–Kier alpha value is -3.47. The lowest BCUT2D eigenvalue weighted by Gasteiger charge is -2.17. The van der Waals surface area contributed by atoms with Gasteiger partial charge in [-0.25, -0.2) is 4.79 Å². The van der Waals surface area contributed by atoms with Gasteiger partial charge in [0.05, 0.1) is 10.9 Å². The Morgan fingerprint density at radius 3 is 2.85 bits per heavy atom. The van der Waals surface area contributed by atoms with Crippen molar-refractivity contribution in [1.29, 1.82) is 0 Å². The van der Waals surface area contributed by atoms with E-state index in [0.717, 1.165) is 5.57 Å². The fraction of sp³-hybridized carbons (Fsp3) is 0.0952. The van der Waals surface area contributed by atoms with Crippen LogP contribution in [-0.4, -0.2) is 17.1 Å². The standard InChI is InChI=1S/C21H15NO4/c23-18-12-20(26-19-6-2-1-5-17(18)19)14-7-9-16(10-8-14)25-21(24)15-4-3-11-22-13-15/h1-9,11-13,16H,10H2. The van der Waals surface area contributed by atoms with Gasteiger partial charge >= 0.3 is 5.97 Å². The van der Waals surface area contributed by atoms with E-state index in [1.807, 2.05) is 12.1 Å². The summed E-state index contributed by atoms with van der Waals surface area (Å²) >= 11 is 0. The van der Waals surface area contributed by atoms with E-state index in [0.29, 0.717) is 28.7 Å². The molecule has 0 fully saturated rings. The number of esters is 1. The number of allylic oxidation sites excluding steroid dienone is 2. The van der Waals surface area contributed by atoms with Gasteiger partial charge in [-0.3, -0.25) is 9.78 Å². The highest BCUT2D eigenvalue weighted by molar-refractivity contribution is 5.89. The quantitative estimate of drug-likeness (QED) is 0.676. The summed E-state index contributed by atoms with van der Waals surface area (Å²) in [6, 6.07) is 12.0. The zero-order chi connectivity index (χ0) is 17.9. The normalized spacial score (nSPS) is 16.3. The van der Waals surface area contributed by atoms with E-state index < -0.39 is 5.97 Å². The van der Waals surface area contributed by atoms with Crippen molar-refractivity contribution < 1.29 is 13.9 Å². The molecule has 5 heteroatoms. The van der Waals surface area contributed by atoms with Crippen LogP contribution < -0.4 is 5.43 Å². The zero-order valence-corrected chi connectivity index (χ0v) is 13.8. The maximum Gasteiger partial charge on any atom is 0.340 e. The average molecular weight is 345 g/mol. The fourth-order valence-corrected chi connectivity index (χ4v) is 2.81. The molecule has 5 nitrogen and oxygen atoms in total. The second kappa shape index (κ2) is 6.80. The van der Waals surface area contributed by atoms with Gasteiger partial charge in [-0.15, -0.1) is 0 Å². The summed E-state index contributed by atoms with van der Waals surface area (Å²) in [7, 11) is 0. The Labute approximate surface area is 149 Å². The summed E-state index contributed by atoms with van der Waals surface area (Å²) in [4.78, 5) is 28.2. The van der Waals surface area contributed by atoms with Gasteiger partial charge in [0.2, 0.25) is 0 Å². The van der Waals surface area contributed by atoms with Crippen LogP contribution in [0, 0.1) is 0 Å². The van der Waals surface area contributed by atoms with Crippen LogP contribution in [0.25, 0.3) is 16.5 Å². The molecule has 0 saturated heterocycles. The summed E-state index contributed by atoms with van der Waals surface area (Å²) in [5, 5.41) is 0.555. The van der Waals surface area contributed by atoms with Crippen LogP contribution in [0.4, 0.5) is 0 Å². The molecule has 1 aliphatic carbocycles. The summed E-state index contributed by atoms with van der Waals surface area (Å²) in [5.74, 6) is 0.0869. The molecule has 0 N–H and O–H groups in total. The molecule has 0 spiro atoms. The Morgan fingerprint density at radius 2 is 2.08 bits per heavy atom. The molecule has 0 aliphatic heterocycles. The number of ether oxygens (including phenoxy) is 1. The van der Waals surface area contributed by atoms with Crippen molar-refractivity contribution in [3.63, 3.8) is 0 Å². The number of fused-ring (bicyclic) bond motifs is 1. The predicted molar refractivity (Wildman–Crippen MR) is 97.7 cm³/mol. The monoisotopic (exact) mass is 345 g/mol. The van der Waals surface area contributed by atoms with Crippen LogP contribution in [0.2, 0.25) is 0 Å². The summed E-state index contributed by atoms with van der Waals surface area (Å²) in [5.41, 5.74) is 1.67. The number of pyridine rings is 1. The second-order valence-corrected chi connectivity index (χ2v) is 5.91. The van der Waals surface area contributed by atoms with Gasteiger partial charge in [0.15, 0.2) is 5.43 Å². The maximum atomic E-state index is 12.2. The van der Waals surface area contributed by atoms with Gasteiger partial charge in [-0.05, 0) is 30.3 Å². The number of benzene rings is 1. The molecule has 2 aromatic heterocycles. The van der Waals surface area contributed by atoms with E-state index in [9.17, 15) is 9.59 Å². The highest BCUT2D eigenvalue weighted by Crippen LogP contribution is 2.24. The molecule has 128 valence electrons. The topological polar surface area (TPSA) is 69.4 Å². The molecule has 26 heavy (non-hydrogen) atoms.